The average Bonchev–Trinajstić information content (AvgIpc) is 3.25. The monoisotopic (exact) mass is 476 g/mol. The minimum absolute atomic E-state index is 0.277. The van der Waals surface area contributed by atoms with Crippen LogP contribution >= 0.6 is 0 Å². The number of H-pyrrole nitrogens is 1. The minimum atomic E-state index is -4.72. The highest BCUT2D eigenvalue weighted by atomic mass is 32.3. The summed E-state index contributed by atoms with van der Waals surface area (Å²) in [5.41, 5.74) is 0.914. The van der Waals surface area contributed by atoms with Gasteiger partial charge in [0, 0.05) is 19.0 Å². The van der Waals surface area contributed by atoms with E-state index in [9.17, 15) is 21.9 Å². The molecule has 8 nitrogen and oxygen atoms in total. The number of benzene rings is 1. The van der Waals surface area contributed by atoms with Crippen LogP contribution in [0.5, 0.6) is 0 Å². The lowest BCUT2D eigenvalue weighted by Crippen LogP contribution is -2.40. The van der Waals surface area contributed by atoms with Crippen LogP contribution in [-0.2, 0) is 29.7 Å². The Kier molecular flexibility index (Phi) is 6.83. The molecule has 1 aromatic carbocycles. The lowest BCUT2D eigenvalue weighted by molar-refractivity contribution is 0.431. The van der Waals surface area contributed by atoms with Gasteiger partial charge in [-0.25, -0.2) is 9.78 Å². The van der Waals surface area contributed by atoms with Gasteiger partial charge in [-0.15, -0.1) is 3.89 Å². The first-order valence-electron chi connectivity index (χ1n) is 11.6. The molecule has 33 heavy (non-hydrogen) atoms. The summed E-state index contributed by atoms with van der Waals surface area (Å²) in [5.74, 6) is 1.06. The Morgan fingerprint density at radius 2 is 1.76 bits per heavy atom. The van der Waals surface area contributed by atoms with Gasteiger partial charge in [0.25, 0.3) is 5.56 Å². The molecule has 1 saturated carbocycles. The van der Waals surface area contributed by atoms with Gasteiger partial charge < -0.3 is 4.98 Å². The third kappa shape index (κ3) is 4.95. The van der Waals surface area contributed by atoms with E-state index in [1.54, 1.807) is 16.7 Å². The maximum absolute atomic E-state index is 13.1. The van der Waals surface area contributed by atoms with Crippen LogP contribution in [-0.4, -0.2) is 27.5 Å². The molecule has 178 valence electrons. The van der Waals surface area contributed by atoms with Gasteiger partial charge in [-0.3, -0.25) is 13.9 Å². The molecule has 1 aliphatic carbocycles. The van der Waals surface area contributed by atoms with Crippen LogP contribution in [0.25, 0.3) is 11.2 Å². The number of imidazole rings is 1. The molecule has 0 unspecified atom stereocenters. The molecule has 0 saturated heterocycles. The number of rotatable bonds is 8. The van der Waals surface area contributed by atoms with Gasteiger partial charge in [0.2, 0.25) is 0 Å². The lowest BCUT2D eigenvalue weighted by atomic mass is 9.89. The molecule has 0 aliphatic heterocycles. The molecule has 2 heterocycles. The number of nitrogens with one attached hydrogen (secondary N) is 1. The fourth-order valence-corrected chi connectivity index (χ4v) is 5.10. The van der Waals surface area contributed by atoms with E-state index in [0.717, 1.165) is 37.1 Å². The van der Waals surface area contributed by atoms with Crippen molar-refractivity contribution in [3.05, 3.63) is 56.5 Å². The molecule has 10 heteroatoms. The van der Waals surface area contributed by atoms with Gasteiger partial charge in [-0.2, -0.15) is 8.42 Å². The van der Waals surface area contributed by atoms with Crippen LogP contribution in [0, 0.1) is 0 Å². The van der Waals surface area contributed by atoms with E-state index in [-0.39, 0.29) is 22.1 Å². The first kappa shape index (κ1) is 23.4. The van der Waals surface area contributed by atoms with Crippen molar-refractivity contribution in [2.75, 3.05) is 0 Å². The number of hydrogen-bond donors (Lipinski definition) is 1. The summed E-state index contributed by atoms with van der Waals surface area (Å²) in [6.07, 6.45) is 7.33. The Balaban J connectivity index is 1.63. The number of nitrogens with zero attached hydrogens (tertiary/aromatic N) is 3. The van der Waals surface area contributed by atoms with E-state index < -0.39 is 10.2 Å². The number of fused-ring (bicyclic) bond motifs is 1. The molecule has 2 aromatic heterocycles. The lowest BCUT2D eigenvalue weighted by Gasteiger charge is -2.18. The highest BCUT2D eigenvalue weighted by Gasteiger charge is 2.23. The molecule has 1 aliphatic rings. The fraction of sp³-hybridized carbons (Fsp3) is 0.522. The van der Waals surface area contributed by atoms with Gasteiger partial charge in [0.15, 0.2) is 5.65 Å². The second-order valence-electron chi connectivity index (χ2n) is 8.73. The molecular weight excluding hydrogens is 447 g/mol. The van der Waals surface area contributed by atoms with Gasteiger partial charge in [-0.05, 0) is 49.8 Å². The van der Waals surface area contributed by atoms with Gasteiger partial charge >= 0.3 is 15.9 Å². The molecule has 4 rings (SSSR count). The van der Waals surface area contributed by atoms with E-state index in [0.29, 0.717) is 43.5 Å². The summed E-state index contributed by atoms with van der Waals surface area (Å²) in [5, 5.41) is 0. The van der Waals surface area contributed by atoms with E-state index in [1.165, 1.54) is 23.1 Å². The van der Waals surface area contributed by atoms with E-state index in [2.05, 4.69) is 4.98 Å². The standard InChI is InChI=1S/C23H29FN4O4S/c1-2-14-28-22(29)19-21(26-20(25-19)17-8-4-3-5-9-17)27(23(28)30)15-6-7-16-10-12-18(13-11-16)33(24,31)32/h10-13,17H,2-9,14-15H2,1H3,(H,25,26). The SMILES string of the molecule is CCCn1c(=O)c2[nH]c(C3CCCCC3)nc2n(CCCc2ccc(S(=O)(=O)F)cc2)c1=O. The molecule has 0 spiro atoms. The van der Waals surface area contributed by atoms with Crippen molar-refractivity contribution in [1.82, 2.24) is 19.1 Å². The van der Waals surface area contributed by atoms with Crippen molar-refractivity contribution in [2.24, 2.45) is 0 Å². The molecule has 0 amide bonds. The molecule has 3 aromatic rings. The molecule has 0 radical (unpaired) electrons. The first-order chi connectivity index (χ1) is 15.8. The smallest absolute Gasteiger partial charge is 0.332 e. The molecule has 0 atom stereocenters. The number of aromatic nitrogens is 4. The first-order valence-corrected chi connectivity index (χ1v) is 12.9. The van der Waals surface area contributed by atoms with Crippen molar-refractivity contribution in [3.8, 4) is 0 Å². The predicted octanol–water partition coefficient (Wildman–Crippen LogP) is 3.64. The van der Waals surface area contributed by atoms with Crippen LogP contribution in [0.1, 0.15) is 69.2 Å². The summed E-state index contributed by atoms with van der Waals surface area (Å²) in [7, 11) is -4.72. The van der Waals surface area contributed by atoms with E-state index in [4.69, 9.17) is 4.98 Å². The van der Waals surface area contributed by atoms with Gasteiger partial charge in [-0.1, -0.05) is 38.3 Å². The zero-order valence-corrected chi connectivity index (χ0v) is 19.5. The van der Waals surface area contributed by atoms with Gasteiger partial charge in [0.1, 0.15) is 11.3 Å². The highest BCUT2D eigenvalue weighted by Crippen LogP contribution is 2.31. The van der Waals surface area contributed by atoms with E-state index in [1.807, 2.05) is 6.92 Å². The summed E-state index contributed by atoms with van der Waals surface area (Å²) in [6.45, 7) is 2.62. The Morgan fingerprint density at radius 3 is 2.39 bits per heavy atom. The Labute approximate surface area is 191 Å². The summed E-state index contributed by atoms with van der Waals surface area (Å²) < 4.78 is 37.9. The van der Waals surface area contributed by atoms with Crippen LogP contribution in [0.4, 0.5) is 3.89 Å². The van der Waals surface area contributed by atoms with Crippen molar-refractivity contribution < 1.29 is 12.3 Å². The molecule has 1 N–H and O–H groups in total. The Morgan fingerprint density at radius 1 is 1.06 bits per heavy atom. The second-order valence-corrected chi connectivity index (χ2v) is 10.1. The third-order valence-electron chi connectivity index (χ3n) is 6.37. The highest BCUT2D eigenvalue weighted by molar-refractivity contribution is 7.86. The maximum Gasteiger partial charge on any atom is 0.332 e. The van der Waals surface area contributed by atoms with Crippen LogP contribution in [0.3, 0.4) is 0 Å². The van der Waals surface area contributed by atoms with Crippen LogP contribution in [0.2, 0.25) is 0 Å². The quantitative estimate of drug-likeness (QED) is 0.500. The van der Waals surface area contributed by atoms with E-state index >= 15 is 0 Å². The zero-order valence-electron chi connectivity index (χ0n) is 18.7. The van der Waals surface area contributed by atoms with Crippen molar-refractivity contribution in [3.63, 3.8) is 0 Å². The largest absolute Gasteiger partial charge is 0.336 e. The number of hydrogen-bond acceptors (Lipinski definition) is 5. The van der Waals surface area contributed by atoms with Crippen molar-refractivity contribution >= 4 is 21.4 Å². The van der Waals surface area contributed by atoms with Crippen LogP contribution in [0.15, 0.2) is 38.8 Å². The molecular formula is C23H29FN4O4S. The normalized spacial score (nSPS) is 15.3. The van der Waals surface area contributed by atoms with Gasteiger partial charge in [0.05, 0.1) is 4.90 Å². The second kappa shape index (κ2) is 9.62. The Bertz CT molecular complexity index is 1350. The zero-order chi connectivity index (χ0) is 23.6. The third-order valence-corrected chi connectivity index (χ3v) is 7.21. The maximum atomic E-state index is 13.1. The van der Waals surface area contributed by atoms with Crippen molar-refractivity contribution in [1.29, 1.82) is 0 Å². The van der Waals surface area contributed by atoms with Crippen molar-refractivity contribution in [2.45, 2.75) is 82.2 Å². The summed E-state index contributed by atoms with van der Waals surface area (Å²) >= 11 is 0. The fourth-order valence-electron chi connectivity index (χ4n) is 4.64. The topological polar surface area (TPSA) is 107 Å². The number of halogens is 1. The molecule has 1 fully saturated rings. The van der Waals surface area contributed by atoms with Crippen LogP contribution < -0.4 is 11.2 Å². The number of aryl methyl sites for hydroxylation is 2. The summed E-state index contributed by atoms with van der Waals surface area (Å²) in [6, 6.07) is 5.61. The molecule has 0 bridgehead atoms. The average molecular weight is 477 g/mol. The number of aromatic amines is 1. The summed E-state index contributed by atoms with van der Waals surface area (Å²) in [4.78, 5) is 33.7. The minimum Gasteiger partial charge on any atom is -0.336 e. The predicted molar refractivity (Wildman–Crippen MR) is 124 cm³/mol. The Hall–Kier alpha value is -2.75.